The zero-order chi connectivity index (χ0) is 16.6. The van der Waals surface area contributed by atoms with Crippen molar-refractivity contribution in [1.29, 1.82) is 0 Å². The standard InChI is InChI=1S/C13H25N3O5/c1-8(10(17)14-6-7-21-5)15-12(20)16-9(11(18)19)13(2,3)4/h8-9H,6-7H2,1-5H3,(H,14,17)(H,18,19)(H2,15,16,20)/t8?,9-/m1/s1. The Morgan fingerprint density at radius 3 is 2.19 bits per heavy atom. The number of carbonyl (C=O) groups is 3. The zero-order valence-electron chi connectivity index (χ0n) is 13.1. The number of carboxylic acid groups (broad SMARTS) is 1. The molecule has 0 aromatic rings. The fourth-order valence-electron chi connectivity index (χ4n) is 1.51. The summed E-state index contributed by atoms with van der Waals surface area (Å²) in [6.07, 6.45) is 0. The molecule has 0 aliphatic carbocycles. The van der Waals surface area contributed by atoms with Crippen molar-refractivity contribution in [3.05, 3.63) is 0 Å². The zero-order valence-corrected chi connectivity index (χ0v) is 13.1. The van der Waals surface area contributed by atoms with E-state index in [0.29, 0.717) is 13.2 Å². The van der Waals surface area contributed by atoms with Crippen LogP contribution in [0.4, 0.5) is 4.79 Å². The highest BCUT2D eigenvalue weighted by molar-refractivity contribution is 5.88. The average Bonchev–Trinajstić information content (AvgIpc) is 2.34. The first-order valence-electron chi connectivity index (χ1n) is 6.66. The van der Waals surface area contributed by atoms with Crippen LogP contribution in [0.2, 0.25) is 0 Å². The molecular weight excluding hydrogens is 278 g/mol. The largest absolute Gasteiger partial charge is 0.480 e. The first-order valence-corrected chi connectivity index (χ1v) is 6.66. The van der Waals surface area contributed by atoms with Crippen LogP contribution in [0.15, 0.2) is 0 Å². The van der Waals surface area contributed by atoms with Crippen LogP contribution in [0.1, 0.15) is 27.7 Å². The Balaban J connectivity index is 4.41. The van der Waals surface area contributed by atoms with Crippen molar-refractivity contribution in [2.45, 2.75) is 39.8 Å². The second-order valence-corrected chi connectivity index (χ2v) is 5.76. The summed E-state index contributed by atoms with van der Waals surface area (Å²) in [5.41, 5.74) is -0.646. The van der Waals surface area contributed by atoms with Gasteiger partial charge in [-0.25, -0.2) is 9.59 Å². The second kappa shape index (κ2) is 8.46. The fraction of sp³-hybridized carbons (Fsp3) is 0.769. The molecule has 21 heavy (non-hydrogen) atoms. The van der Waals surface area contributed by atoms with E-state index in [2.05, 4.69) is 16.0 Å². The summed E-state index contributed by atoms with van der Waals surface area (Å²) < 4.78 is 4.79. The third-order valence-corrected chi connectivity index (χ3v) is 2.73. The smallest absolute Gasteiger partial charge is 0.326 e. The lowest BCUT2D eigenvalue weighted by Crippen LogP contribution is -2.55. The second-order valence-electron chi connectivity index (χ2n) is 5.76. The van der Waals surface area contributed by atoms with E-state index in [0.717, 1.165) is 0 Å². The van der Waals surface area contributed by atoms with Gasteiger partial charge in [0.1, 0.15) is 12.1 Å². The molecule has 0 spiro atoms. The average molecular weight is 303 g/mol. The van der Waals surface area contributed by atoms with Gasteiger partial charge in [-0.3, -0.25) is 4.79 Å². The highest BCUT2D eigenvalue weighted by Gasteiger charge is 2.33. The van der Waals surface area contributed by atoms with E-state index >= 15 is 0 Å². The maximum absolute atomic E-state index is 11.8. The summed E-state index contributed by atoms with van der Waals surface area (Å²) in [6.45, 7) is 7.32. The summed E-state index contributed by atoms with van der Waals surface area (Å²) in [5, 5.41) is 16.4. The fourth-order valence-corrected chi connectivity index (χ4v) is 1.51. The number of nitrogens with one attached hydrogen (secondary N) is 3. The van der Waals surface area contributed by atoms with Gasteiger partial charge < -0.3 is 25.8 Å². The topological polar surface area (TPSA) is 117 Å². The number of rotatable bonds is 7. The van der Waals surface area contributed by atoms with Crippen LogP contribution in [-0.4, -0.2) is 55.4 Å². The maximum atomic E-state index is 11.8. The van der Waals surface area contributed by atoms with Crippen molar-refractivity contribution in [2.24, 2.45) is 5.41 Å². The molecule has 0 aliphatic heterocycles. The Morgan fingerprint density at radius 1 is 1.19 bits per heavy atom. The number of carbonyl (C=O) groups excluding carboxylic acids is 2. The number of hydrogen-bond donors (Lipinski definition) is 4. The predicted molar refractivity (Wildman–Crippen MR) is 76.9 cm³/mol. The van der Waals surface area contributed by atoms with Crippen molar-refractivity contribution in [3.63, 3.8) is 0 Å². The van der Waals surface area contributed by atoms with Crippen LogP contribution in [0.25, 0.3) is 0 Å². The van der Waals surface area contributed by atoms with E-state index in [1.165, 1.54) is 14.0 Å². The van der Waals surface area contributed by atoms with Gasteiger partial charge in [0.15, 0.2) is 0 Å². The van der Waals surface area contributed by atoms with Gasteiger partial charge in [0, 0.05) is 13.7 Å². The molecule has 3 amide bonds. The molecule has 0 fully saturated rings. The number of aliphatic carboxylic acids is 1. The van der Waals surface area contributed by atoms with Crippen LogP contribution < -0.4 is 16.0 Å². The van der Waals surface area contributed by atoms with Crippen molar-refractivity contribution >= 4 is 17.9 Å². The first kappa shape index (κ1) is 19.2. The van der Waals surface area contributed by atoms with Crippen LogP contribution in [0.5, 0.6) is 0 Å². The predicted octanol–water partition coefficient (Wildman–Crippen LogP) is -0.0640. The lowest BCUT2D eigenvalue weighted by Gasteiger charge is -2.28. The maximum Gasteiger partial charge on any atom is 0.326 e. The normalized spacial score (nSPS) is 14.0. The van der Waals surface area contributed by atoms with Gasteiger partial charge in [-0.2, -0.15) is 0 Å². The number of amides is 3. The monoisotopic (exact) mass is 303 g/mol. The van der Waals surface area contributed by atoms with E-state index in [1.807, 2.05) is 0 Å². The molecule has 8 nitrogen and oxygen atoms in total. The van der Waals surface area contributed by atoms with Gasteiger partial charge in [-0.15, -0.1) is 0 Å². The SMILES string of the molecule is COCCNC(=O)C(C)NC(=O)N[C@H](C(=O)O)C(C)(C)C. The molecule has 8 heteroatoms. The lowest BCUT2D eigenvalue weighted by atomic mass is 9.87. The van der Waals surface area contributed by atoms with Crippen molar-refractivity contribution in [3.8, 4) is 0 Å². The molecule has 1 unspecified atom stereocenters. The van der Waals surface area contributed by atoms with Gasteiger partial charge in [0.05, 0.1) is 6.61 Å². The molecular formula is C13H25N3O5. The van der Waals surface area contributed by atoms with Gasteiger partial charge in [-0.05, 0) is 12.3 Å². The molecule has 0 saturated heterocycles. The summed E-state index contributed by atoms with van der Waals surface area (Å²) >= 11 is 0. The summed E-state index contributed by atoms with van der Waals surface area (Å²) in [4.78, 5) is 34.5. The minimum Gasteiger partial charge on any atom is -0.480 e. The Bertz CT molecular complexity index is 378. The van der Waals surface area contributed by atoms with E-state index < -0.39 is 29.5 Å². The molecule has 0 saturated carbocycles. The van der Waals surface area contributed by atoms with E-state index in [9.17, 15) is 14.4 Å². The summed E-state index contributed by atoms with van der Waals surface area (Å²) in [6, 6.07) is -2.54. The molecule has 0 aromatic heterocycles. The van der Waals surface area contributed by atoms with Gasteiger partial charge in [0.2, 0.25) is 5.91 Å². The van der Waals surface area contributed by atoms with Crippen molar-refractivity contribution in [2.75, 3.05) is 20.3 Å². The molecule has 0 aromatic carbocycles. The quantitative estimate of drug-likeness (QED) is 0.491. The molecule has 0 bridgehead atoms. The van der Waals surface area contributed by atoms with Crippen LogP contribution in [0, 0.1) is 5.41 Å². The Labute approximate surface area is 124 Å². The third kappa shape index (κ3) is 7.50. The Hall–Kier alpha value is -1.83. The van der Waals surface area contributed by atoms with E-state index in [-0.39, 0.29) is 5.91 Å². The van der Waals surface area contributed by atoms with Gasteiger partial charge in [0.25, 0.3) is 0 Å². The molecule has 2 atom stereocenters. The number of methoxy groups -OCH3 is 1. The summed E-state index contributed by atoms with van der Waals surface area (Å²) in [5.74, 6) is -1.50. The van der Waals surface area contributed by atoms with Crippen molar-refractivity contribution in [1.82, 2.24) is 16.0 Å². The number of carboxylic acids is 1. The minimum atomic E-state index is -1.13. The summed E-state index contributed by atoms with van der Waals surface area (Å²) in [7, 11) is 1.51. The van der Waals surface area contributed by atoms with Crippen LogP contribution >= 0.6 is 0 Å². The van der Waals surface area contributed by atoms with E-state index in [1.54, 1.807) is 20.8 Å². The molecule has 4 N–H and O–H groups in total. The molecule has 0 aliphatic rings. The van der Waals surface area contributed by atoms with Gasteiger partial charge in [-0.1, -0.05) is 20.8 Å². The van der Waals surface area contributed by atoms with Crippen molar-refractivity contribution < 1.29 is 24.2 Å². The molecule has 0 rings (SSSR count). The number of ether oxygens (including phenoxy) is 1. The highest BCUT2D eigenvalue weighted by Crippen LogP contribution is 2.19. The third-order valence-electron chi connectivity index (χ3n) is 2.73. The molecule has 0 heterocycles. The van der Waals surface area contributed by atoms with E-state index in [4.69, 9.17) is 9.84 Å². The highest BCUT2D eigenvalue weighted by atomic mass is 16.5. The Kier molecular flexibility index (Phi) is 7.72. The van der Waals surface area contributed by atoms with Crippen LogP contribution in [-0.2, 0) is 14.3 Å². The molecule has 0 radical (unpaired) electrons. The Morgan fingerprint density at radius 2 is 1.76 bits per heavy atom. The first-order chi connectivity index (χ1) is 9.59. The van der Waals surface area contributed by atoms with Gasteiger partial charge >= 0.3 is 12.0 Å². The van der Waals surface area contributed by atoms with Crippen LogP contribution in [0.3, 0.4) is 0 Å². The number of urea groups is 1. The number of hydrogen-bond acceptors (Lipinski definition) is 4. The lowest BCUT2D eigenvalue weighted by molar-refractivity contribution is -0.141. The molecule has 122 valence electrons. The minimum absolute atomic E-state index is 0.336.